The van der Waals surface area contributed by atoms with Crippen LogP contribution in [-0.2, 0) is 10.3 Å². The molecule has 1 aliphatic heterocycles. The average molecular weight is 277 g/mol. The molecule has 21 heavy (non-hydrogen) atoms. The number of rotatable bonds is 4. The minimum atomic E-state index is -0.521. The van der Waals surface area contributed by atoms with Gasteiger partial charge in [-0.2, -0.15) is 0 Å². The molecule has 2 aromatic rings. The molecule has 1 aliphatic rings. The molecule has 106 valence electrons. The van der Waals surface area contributed by atoms with Crippen molar-refractivity contribution >= 4 is 11.6 Å². The van der Waals surface area contributed by atoms with Crippen LogP contribution in [0.25, 0.3) is 0 Å². The zero-order valence-corrected chi connectivity index (χ0v) is 12.3. The van der Waals surface area contributed by atoms with Crippen molar-refractivity contribution in [3.05, 3.63) is 78.4 Å². The fourth-order valence-corrected chi connectivity index (χ4v) is 2.87. The number of hydrogen-bond acceptors (Lipinski definition) is 2. The van der Waals surface area contributed by atoms with Crippen LogP contribution in [0, 0.1) is 0 Å². The number of benzene rings is 2. The molecule has 0 saturated carbocycles. The highest BCUT2D eigenvalue weighted by Crippen LogP contribution is 2.45. The van der Waals surface area contributed by atoms with Crippen LogP contribution in [0.3, 0.4) is 0 Å². The number of hydrogen-bond donors (Lipinski definition) is 0. The molecule has 0 amide bonds. The average Bonchev–Trinajstić information content (AvgIpc) is 2.55. The Morgan fingerprint density at radius 3 is 2.52 bits per heavy atom. The van der Waals surface area contributed by atoms with Gasteiger partial charge < -0.3 is 4.74 Å². The van der Waals surface area contributed by atoms with E-state index in [1.807, 2.05) is 42.5 Å². The van der Waals surface area contributed by atoms with Crippen molar-refractivity contribution in [2.45, 2.75) is 25.4 Å². The molecule has 1 atom stereocenters. The summed E-state index contributed by atoms with van der Waals surface area (Å²) in [4.78, 5) is 4.63. The summed E-state index contributed by atoms with van der Waals surface area (Å²) in [5, 5.41) is 0. The Labute approximate surface area is 125 Å². The van der Waals surface area contributed by atoms with Crippen molar-refractivity contribution in [2.24, 2.45) is 4.99 Å². The molecule has 3 rings (SSSR count). The summed E-state index contributed by atoms with van der Waals surface area (Å²) in [5.41, 5.74) is 2.71. The summed E-state index contributed by atoms with van der Waals surface area (Å²) in [6.07, 6.45) is 3.41. The largest absolute Gasteiger partial charge is 0.464 e. The van der Waals surface area contributed by atoms with Gasteiger partial charge in [0.25, 0.3) is 0 Å². The summed E-state index contributed by atoms with van der Waals surface area (Å²) >= 11 is 0. The lowest BCUT2D eigenvalue weighted by Crippen LogP contribution is -2.35. The third-order valence-corrected chi connectivity index (χ3v) is 3.85. The predicted molar refractivity (Wildman–Crippen MR) is 86.9 cm³/mol. The number of ether oxygens (including phenoxy) is 1. The van der Waals surface area contributed by atoms with Gasteiger partial charge in [-0.3, -0.25) is 0 Å². The molecule has 2 aromatic carbocycles. The van der Waals surface area contributed by atoms with Gasteiger partial charge in [0.1, 0.15) is 0 Å². The van der Waals surface area contributed by atoms with Gasteiger partial charge in [-0.15, -0.1) is 6.58 Å². The Morgan fingerprint density at radius 2 is 1.81 bits per heavy atom. The quantitative estimate of drug-likeness (QED) is 0.722. The maximum atomic E-state index is 6.35. The normalized spacial score (nSPS) is 20.1. The van der Waals surface area contributed by atoms with Crippen molar-refractivity contribution in [2.75, 3.05) is 0 Å². The second-order valence-corrected chi connectivity index (χ2v) is 5.16. The van der Waals surface area contributed by atoms with E-state index in [4.69, 9.17) is 4.74 Å². The molecule has 0 N–H and O–H groups in total. The van der Waals surface area contributed by atoms with Crippen LogP contribution in [-0.4, -0.2) is 5.90 Å². The van der Waals surface area contributed by atoms with Crippen molar-refractivity contribution in [3.8, 4) is 0 Å². The smallest absolute Gasteiger partial charge is 0.189 e. The van der Waals surface area contributed by atoms with E-state index in [9.17, 15) is 0 Å². The molecule has 1 unspecified atom stereocenters. The number of para-hydroxylation sites is 1. The third-order valence-electron chi connectivity index (χ3n) is 3.85. The first-order valence-electron chi connectivity index (χ1n) is 7.32. The van der Waals surface area contributed by atoms with Crippen molar-refractivity contribution in [3.63, 3.8) is 0 Å². The van der Waals surface area contributed by atoms with Gasteiger partial charge in [0.05, 0.1) is 5.69 Å². The zero-order valence-electron chi connectivity index (χ0n) is 12.3. The molecular formula is C19H19NO. The molecule has 0 fully saturated rings. The molecule has 0 bridgehead atoms. The monoisotopic (exact) mass is 277 g/mol. The summed E-state index contributed by atoms with van der Waals surface area (Å²) in [6, 6.07) is 18.5. The molecule has 0 saturated heterocycles. The van der Waals surface area contributed by atoms with Crippen LogP contribution in [0.4, 0.5) is 5.69 Å². The van der Waals surface area contributed by atoms with E-state index in [2.05, 4.69) is 36.7 Å². The van der Waals surface area contributed by atoms with Crippen molar-refractivity contribution in [1.29, 1.82) is 0 Å². The molecule has 2 heteroatoms. The molecule has 0 aliphatic carbocycles. The van der Waals surface area contributed by atoms with E-state index in [0.717, 1.165) is 29.1 Å². The lowest BCUT2D eigenvalue weighted by Gasteiger charge is -2.38. The van der Waals surface area contributed by atoms with E-state index in [0.29, 0.717) is 6.42 Å². The minimum absolute atomic E-state index is 0.521. The second-order valence-electron chi connectivity index (χ2n) is 5.16. The lowest BCUT2D eigenvalue weighted by atomic mass is 9.81. The standard InChI is InChI=1S/C19H19NO/c1-3-14-19(15-10-6-5-7-11-15)16-12-8-9-13-17(16)20-18(4-2)21-19/h3,5-13H,1,4,14H2,2H3. The summed E-state index contributed by atoms with van der Waals surface area (Å²) in [6.45, 7) is 6.00. The van der Waals surface area contributed by atoms with Gasteiger partial charge in [0, 0.05) is 24.0 Å². The van der Waals surface area contributed by atoms with Gasteiger partial charge in [-0.05, 0) is 6.07 Å². The summed E-state index contributed by atoms with van der Waals surface area (Å²) < 4.78 is 6.35. The Balaban J connectivity index is 2.25. The number of nitrogens with zero attached hydrogens (tertiary/aromatic N) is 1. The maximum absolute atomic E-state index is 6.35. The number of fused-ring (bicyclic) bond motifs is 1. The van der Waals surface area contributed by atoms with Crippen LogP contribution < -0.4 is 0 Å². The maximum Gasteiger partial charge on any atom is 0.189 e. The van der Waals surface area contributed by atoms with E-state index in [1.165, 1.54) is 0 Å². The molecule has 0 aromatic heterocycles. The highest BCUT2D eigenvalue weighted by Gasteiger charge is 2.40. The molecule has 0 radical (unpaired) electrons. The van der Waals surface area contributed by atoms with Crippen LogP contribution >= 0.6 is 0 Å². The Hall–Kier alpha value is -2.35. The van der Waals surface area contributed by atoms with Gasteiger partial charge in [-0.25, -0.2) is 4.99 Å². The van der Waals surface area contributed by atoms with E-state index >= 15 is 0 Å². The van der Waals surface area contributed by atoms with E-state index in [1.54, 1.807) is 0 Å². The van der Waals surface area contributed by atoms with Crippen molar-refractivity contribution in [1.82, 2.24) is 0 Å². The highest BCUT2D eigenvalue weighted by atomic mass is 16.5. The summed E-state index contributed by atoms with van der Waals surface area (Å²) in [5.74, 6) is 0.777. The highest BCUT2D eigenvalue weighted by molar-refractivity contribution is 5.83. The third kappa shape index (κ3) is 2.27. The van der Waals surface area contributed by atoms with E-state index < -0.39 is 5.60 Å². The fourth-order valence-electron chi connectivity index (χ4n) is 2.87. The minimum Gasteiger partial charge on any atom is -0.464 e. The second kappa shape index (κ2) is 5.57. The Kier molecular flexibility index (Phi) is 3.61. The van der Waals surface area contributed by atoms with Gasteiger partial charge in [0.15, 0.2) is 11.5 Å². The first-order valence-corrected chi connectivity index (χ1v) is 7.32. The van der Waals surface area contributed by atoms with Gasteiger partial charge >= 0.3 is 0 Å². The lowest BCUT2D eigenvalue weighted by molar-refractivity contribution is 0.0919. The molecule has 0 spiro atoms. The molecular weight excluding hydrogens is 258 g/mol. The topological polar surface area (TPSA) is 21.6 Å². The van der Waals surface area contributed by atoms with Crippen LogP contribution in [0.5, 0.6) is 0 Å². The molecule has 1 heterocycles. The van der Waals surface area contributed by atoms with Gasteiger partial charge in [0.2, 0.25) is 0 Å². The van der Waals surface area contributed by atoms with Crippen LogP contribution in [0.15, 0.2) is 72.2 Å². The zero-order chi connectivity index (χ0) is 14.7. The van der Waals surface area contributed by atoms with Crippen LogP contribution in [0.1, 0.15) is 30.9 Å². The Morgan fingerprint density at radius 1 is 1.10 bits per heavy atom. The van der Waals surface area contributed by atoms with Crippen LogP contribution in [0.2, 0.25) is 0 Å². The van der Waals surface area contributed by atoms with Gasteiger partial charge in [-0.1, -0.05) is 61.5 Å². The predicted octanol–water partition coefficient (Wildman–Crippen LogP) is 4.98. The van der Waals surface area contributed by atoms with Crippen molar-refractivity contribution < 1.29 is 4.74 Å². The number of aliphatic imine (C=N–C) groups is 1. The Bertz CT molecular complexity index is 675. The fraction of sp³-hybridized carbons (Fsp3) is 0.211. The molecule has 2 nitrogen and oxygen atoms in total. The van der Waals surface area contributed by atoms with E-state index in [-0.39, 0.29) is 0 Å². The first kappa shape index (κ1) is 13.6. The SMILES string of the molecule is C=CCC1(c2ccccc2)OC(CC)=Nc2ccccc21. The first-order chi connectivity index (χ1) is 10.3. The summed E-state index contributed by atoms with van der Waals surface area (Å²) in [7, 11) is 0.